The number of benzene rings is 1. The summed E-state index contributed by atoms with van der Waals surface area (Å²) in [4.78, 5) is 18.6. The fourth-order valence-corrected chi connectivity index (χ4v) is 3.91. The van der Waals surface area contributed by atoms with Crippen LogP contribution in [0.15, 0.2) is 29.3 Å². The quantitative estimate of drug-likeness (QED) is 0.427. The van der Waals surface area contributed by atoms with Crippen LogP contribution < -0.4 is 16.0 Å². The Morgan fingerprint density at radius 3 is 2.47 bits per heavy atom. The number of hydrogen-bond acceptors (Lipinski definition) is 4. The molecule has 1 aliphatic carbocycles. The first-order valence-electron chi connectivity index (χ1n) is 11.4. The van der Waals surface area contributed by atoms with Crippen molar-refractivity contribution in [3.8, 4) is 0 Å². The lowest BCUT2D eigenvalue weighted by Crippen LogP contribution is -2.48. The van der Waals surface area contributed by atoms with Gasteiger partial charge < -0.3 is 20.7 Å². The number of alkyl carbamates (subject to hydrolysis) is 1. The minimum atomic E-state index is -0.344. The number of rotatable bonds is 9. The van der Waals surface area contributed by atoms with Crippen LogP contribution in [-0.4, -0.2) is 56.3 Å². The first-order chi connectivity index (χ1) is 14.7. The minimum Gasteiger partial charge on any atom is -0.450 e. The minimum absolute atomic E-state index is 0.0664. The van der Waals surface area contributed by atoms with Gasteiger partial charge in [0.05, 0.1) is 12.6 Å². The van der Waals surface area contributed by atoms with Gasteiger partial charge in [0.25, 0.3) is 0 Å². The van der Waals surface area contributed by atoms with Crippen LogP contribution >= 0.6 is 0 Å². The molecule has 2 fully saturated rings. The van der Waals surface area contributed by atoms with Gasteiger partial charge >= 0.3 is 6.09 Å². The number of likely N-dealkylation sites (tertiary alicyclic amines) is 1. The van der Waals surface area contributed by atoms with E-state index in [-0.39, 0.29) is 12.1 Å². The van der Waals surface area contributed by atoms with Gasteiger partial charge in [0.15, 0.2) is 5.96 Å². The fraction of sp³-hybridized carbons (Fsp3) is 0.652. The van der Waals surface area contributed by atoms with Crippen molar-refractivity contribution in [2.75, 3.05) is 33.3 Å². The van der Waals surface area contributed by atoms with E-state index in [1.54, 1.807) is 7.05 Å². The van der Waals surface area contributed by atoms with Crippen LogP contribution in [0.3, 0.4) is 0 Å². The highest BCUT2D eigenvalue weighted by Gasteiger charge is 2.32. The molecule has 1 aromatic rings. The van der Waals surface area contributed by atoms with Crippen LogP contribution in [0.5, 0.6) is 0 Å². The normalized spacial score (nSPS) is 18.5. The number of hydrogen-bond donors (Lipinski definition) is 3. The molecule has 1 atom stereocenters. The van der Waals surface area contributed by atoms with Crippen molar-refractivity contribution in [3.05, 3.63) is 35.4 Å². The number of carbonyl (C=O) groups is 1. The van der Waals surface area contributed by atoms with Crippen LogP contribution in [0.4, 0.5) is 4.79 Å². The van der Waals surface area contributed by atoms with Crippen molar-refractivity contribution in [1.82, 2.24) is 20.9 Å². The Balaban J connectivity index is 1.41. The van der Waals surface area contributed by atoms with Gasteiger partial charge in [-0.2, -0.15) is 0 Å². The fourth-order valence-electron chi connectivity index (χ4n) is 3.91. The summed E-state index contributed by atoms with van der Waals surface area (Å²) in [6.45, 7) is 7.04. The Morgan fingerprint density at radius 1 is 1.13 bits per heavy atom. The van der Waals surface area contributed by atoms with Gasteiger partial charge in [0.2, 0.25) is 0 Å². The maximum Gasteiger partial charge on any atom is 0.407 e. The Bertz CT molecular complexity index is 681. The zero-order valence-corrected chi connectivity index (χ0v) is 18.5. The molecule has 0 aromatic heterocycles. The first kappa shape index (κ1) is 22.4. The maximum atomic E-state index is 11.8. The first-order valence-corrected chi connectivity index (χ1v) is 11.4. The highest BCUT2D eigenvalue weighted by Crippen LogP contribution is 2.32. The number of ether oxygens (including phenoxy) is 1. The van der Waals surface area contributed by atoms with Crippen molar-refractivity contribution in [2.45, 2.75) is 58.2 Å². The Hall–Kier alpha value is -2.28. The van der Waals surface area contributed by atoms with E-state index in [2.05, 4.69) is 50.1 Å². The largest absolute Gasteiger partial charge is 0.450 e. The predicted molar refractivity (Wildman–Crippen MR) is 120 cm³/mol. The molecule has 30 heavy (non-hydrogen) atoms. The van der Waals surface area contributed by atoms with Gasteiger partial charge in [-0.15, -0.1) is 0 Å². The molecule has 1 amide bonds. The van der Waals surface area contributed by atoms with Crippen molar-refractivity contribution >= 4 is 12.1 Å². The molecule has 3 rings (SSSR count). The van der Waals surface area contributed by atoms with Crippen LogP contribution in [0, 0.1) is 5.92 Å². The molecular formula is C23H37N5O2. The lowest BCUT2D eigenvalue weighted by Gasteiger charge is -2.26. The summed E-state index contributed by atoms with van der Waals surface area (Å²) in [7, 11) is 1.77. The Labute approximate surface area is 180 Å². The average molecular weight is 416 g/mol. The smallest absolute Gasteiger partial charge is 0.407 e. The molecule has 7 heteroatoms. The number of carbonyl (C=O) groups excluding carboxylic acids is 1. The Morgan fingerprint density at radius 2 is 1.83 bits per heavy atom. The lowest BCUT2D eigenvalue weighted by molar-refractivity contribution is 0.146. The number of aliphatic imine (C=N–C) groups is 1. The highest BCUT2D eigenvalue weighted by molar-refractivity contribution is 5.79. The van der Waals surface area contributed by atoms with E-state index in [9.17, 15) is 4.79 Å². The molecule has 0 bridgehead atoms. The SMILES string of the molecule is CCOC(=O)NC(CNC(=NC)NCc1ccc(CN2CCCCC2)cc1)C1CC1. The van der Waals surface area contributed by atoms with Gasteiger partial charge in [0, 0.05) is 26.7 Å². The molecule has 7 nitrogen and oxygen atoms in total. The van der Waals surface area contributed by atoms with E-state index in [4.69, 9.17) is 4.74 Å². The van der Waals surface area contributed by atoms with Gasteiger partial charge in [-0.1, -0.05) is 30.7 Å². The van der Waals surface area contributed by atoms with E-state index >= 15 is 0 Å². The van der Waals surface area contributed by atoms with Crippen LogP contribution in [-0.2, 0) is 17.8 Å². The number of nitrogens with one attached hydrogen (secondary N) is 3. The molecule has 0 radical (unpaired) electrons. The number of guanidine groups is 1. The third-order valence-corrected chi connectivity index (χ3v) is 5.82. The third kappa shape index (κ3) is 7.52. The molecule has 3 N–H and O–H groups in total. The van der Waals surface area contributed by atoms with Crippen LogP contribution in [0.1, 0.15) is 50.2 Å². The standard InChI is InChI=1S/C23H37N5O2/c1-3-30-23(29)27-21(20-11-12-20)16-26-22(24-2)25-15-18-7-9-19(10-8-18)17-28-13-5-4-6-14-28/h7-10,20-21H,3-6,11-17H2,1-2H3,(H,27,29)(H2,24,25,26). The molecule has 1 aromatic carbocycles. The molecule has 1 saturated carbocycles. The van der Waals surface area contributed by atoms with Crippen molar-refractivity contribution in [2.24, 2.45) is 10.9 Å². The molecule has 166 valence electrons. The zero-order valence-electron chi connectivity index (χ0n) is 18.5. The summed E-state index contributed by atoms with van der Waals surface area (Å²) in [6.07, 6.45) is 5.97. The summed E-state index contributed by atoms with van der Waals surface area (Å²) in [6, 6.07) is 8.91. The second kappa shape index (κ2) is 11.8. The van der Waals surface area contributed by atoms with E-state index in [0.29, 0.717) is 25.6 Å². The Kier molecular flexibility index (Phi) is 8.81. The molecule has 0 spiro atoms. The highest BCUT2D eigenvalue weighted by atomic mass is 16.5. The summed E-state index contributed by atoms with van der Waals surface area (Å²) in [5.41, 5.74) is 2.60. The topological polar surface area (TPSA) is 78.0 Å². The molecule has 1 aliphatic heterocycles. The molecule has 1 heterocycles. The molecular weight excluding hydrogens is 378 g/mol. The van der Waals surface area contributed by atoms with Crippen LogP contribution in [0.25, 0.3) is 0 Å². The zero-order chi connectivity index (χ0) is 21.2. The summed E-state index contributed by atoms with van der Waals surface area (Å²) >= 11 is 0. The average Bonchev–Trinajstić information content (AvgIpc) is 3.60. The summed E-state index contributed by atoms with van der Waals surface area (Å²) < 4.78 is 5.02. The van der Waals surface area contributed by atoms with Gasteiger partial charge in [-0.05, 0) is 62.7 Å². The molecule has 1 saturated heterocycles. The van der Waals surface area contributed by atoms with E-state index in [0.717, 1.165) is 25.3 Å². The summed E-state index contributed by atoms with van der Waals surface area (Å²) in [5.74, 6) is 1.26. The van der Waals surface area contributed by atoms with E-state index in [1.165, 1.54) is 43.5 Å². The third-order valence-electron chi connectivity index (χ3n) is 5.82. The van der Waals surface area contributed by atoms with E-state index < -0.39 is 0 Å². The van der Waals surface area contributed by atoms with Gasteiger partial charge in [0.1, 0.15) is 0 Å². The molecule has 1 unspecified atom stereocenters. The van der Waals surface area contributed by atoms with Gasteiger partial charge in [-0.25, -0.2) is 4.79 Å². The van der Waals surface area contributed by atoms with Crippen LogP contribution in [0.2, 0.25) is 0 Å². The maximum absolute atomic E-state index is 11.8. The number of nitrogens with zero attached hydrogens (tertiary/aromatic N) is 2. The summed E-state index contributed by atoms with van der Waals surface area (Å²) in [5, 5.41) is 9.66. The van der Waals surface area contributed by atoms with E-state index in [1.807, 2.05) is 6.92 Å². The van der Waals surface area contributed by atoms with Crippen molar-refractivity contribution in [3.63, 3.8) is 0 Å². The number of amides is 1. The van der Waals surface area contributed by atoms with Crippen molar-refractivity contribution < 1.29 is 9.53 Å². The second-order valence-electron chi connectivity index (χ2n) is 8.27. The predicted octanol–water partition coefficient (Wildman–Crippen LogP) is 2.86. The monoisotopic (exact) mass is 415 g/mol. The lowest BCUT2D eigenvalue weighted by atomic mass is 10.1. The molecule has 2 aliphatic rings. The second-order valence-corrected chi connectivity index (χ2v) is 8.27. The van der Waals surface area contributed by atoms with Crippen molar-refractivity contribution in [1.29, 1.82) is 0 Å². The van der Waals surface area contributed by atoms with Gasteiger partial charge in [-0.3, -0.25) is 9.89 Å². The number of piperidine rings is 1.